The first kappa shape index (κ1) is 21.9. The van der Waals surface area contributed by atoms with E-state index in [1.54, 1.807) is 0 Å². The fraction of sp³-hybridized carbons (Fsp3) is 0.947. The zero-order chi connectivity index (χ0) is 16.7. The lowest BCUT2D eigenvalue weighted by atomic mass is 9.87. The molecule has 0 aliphatic rings. The SMILES string of the molecule is CCCCCCCCCOC(=O)C(C)(C)CCCCCCBr. The molecule has 0 amide bonds. The lowest BCUT2D eigenvalue weighted by Gasteiger charge is -2.22. The molecule has 0 atom stereocenters. The topological polar surface area (TPSA) is 26.3 Å². The second-order valence-corrected chi connectivity index (χ2v) is 7.79. The average molecular weight is 377 g/mol. The molecule has 0 saturated heterocycles. The number of halogens is 1. The quantitative estimate of drug-likeness (QED) is 0.181. The van der Waals surface area contributed by atoms with Crippen LogP contribution < -0.4 is 0 Å². The molecule has 22 heavy (non-hydrogen) atoms. The zero-order valence-electron chi connectivity index (χ0n) is 15.1. The summed E-state index contributed by atoms with van der Waals surface area (Å²) in [5, 5.41) is 1.08. The molecule has 0 aliphatic carbocycles. The van der Waals surface area contributed by atoms with Crippen LogP contribution in [0.2, 0.25) is 0 Å². The summed E-state index contributed by atoms with van der Waals surface area (Å²) in [4.78, 5) is 12.1. The number of esters is 1. The predicted octanol–water partition coefficient (Wildman–Crippen LogP) is 6.65. The van der Waals surface area contributed by atoms with E-state index in [4.69, 9.17) is 4.74 Å². The molecule has 0 aromatic carbocycles. The van der Waals surface area contributed by atoms with Gasteiger partial charge in [-0.3, -0.25) is 4.79 Å². The van der Waals surface area contributed by atoms with Crippen molar-refractivity contribution in [2.24, 2.45) is 5.41 Å². The molecular formula is C19H37BrO2. The normalized spacial score (nSPS) is 11.6. The summed E-state index contributed by atoms with van der Waals surface area (Å²) in [6.45, 7) is 6.87. The van der Waals surface area contributed by atoms with Gasteiger partial charge in [0.05, 0.1) is 12.0 Å². The maximum Gasteiger partial charge on any atom is 0.311 e. The lowest BCUT2D eigenvalue weighted by Crippen LogP contribution is -2.27. The molecule has 0 rings (SSSR count). The van der Waals surface area contributed by atoms with Gasteiger partial charge in [0.1, 0.15) is 0 Å². The number of unbranched alkanes of at least 4 members (excludes halogenated alkanes) is 9. The lowest BCUT2D eigenvalue weighted by molar-refractivity contribution is -0.154. The standard InChI is InChI=1S/C19H37BrO2/c1-4-5-6-7-8-11-14-17-22-18(21)19(2,3)15-12-9-10-13-16-20/h4-17H2,1-3H3. The highest BCUT2D eigenvalue weighted by Crippen LogP contribution is 2.26. The molecule has 132 valence electrons. The minimum absolute atomic E-state index is 0.0148. The molecule has 0 radical (unpaired) electrons. The third kappa shape index (κ3) is 12.5. The minimum atomic E-state index is -0.324. The molecule has 0 N–H and O–H groups in total. The van der Waals surface area contributed by atoms with Crippen LogP contribution in [0.3, 0.4) is 0 Å². The van der Waals surface area contributed by atoms with E-state index in [9.17, 15) is 4.79 Å². The summed E-state index contributed by atoms with van der Waals surface area (Å²) in [5.74, 6) is -0.0148. The van der Waals surface area contributed by atoms with Gasteiger partial charge in [0.25, 0.3) is 0 Å². The average Bonchev–Trinajstić information content (AvgIpc) is 2.49. The van der Waals surface area contributed by atoms with Crippen LogP contribution in [0.5, 0.6) is 0 Å². The molecular weight excluding hydrogens is 340 g/mol. The van der Waals surface area contributed by atoms with E-state index in [0.29, 0.717) is 6.61 Å². The maximum atomic E-state index is 12.1. The Kier molecular flexibility index (Phi) is 14.5. The van der Waals surface area contributed by atoms with E-state index >= 15 is 0 Å². The second-order valence-electron chi connectivity index (χ2n) is 6.99. The molecule has 2 nitrogen and oxygen atoms in total. The van der Waals surface area contributed by atoms with Gasteiger partial charge >= 0.3 is 5.97 Å². The number of rotatable bonds is 15. The summed E-state index contributed by atoms with van der Waals surface area (Å²) in [6.07, 6.45) is 14.5. The van der Waals surface area contributed by atoms with Crippen LogP contribution >= 0.6 is 15.9 Å². The van der Waals surface area contributed by atoms with Crippen molar-refractivity contribution in [2.75, 3.05) is 11.9 Å². The Hall–Kier alpha value is -0.0500. The van der Waals surface area contributed by atoms with E-state index in [-0.39, 0.29) is 11.4 Å². The van der Waals surface area contributed by atoms with Crippen LogP contribution in [0.1, 0.15) is 97.8 Å². The Balaban J connectivity index is 3.58. The van der Waals surface area contributed by atoms with Gasteiger partial charge in [-0.1, -0.05) is 80.6 Å². The molecule has 0 unspecified atom stereocenters. The van der Waals surface area contributed by atoms with E-state index in [1.165, 1.54) is 57.8 Å². The highest BCUT2D eigenvalue weighted by atomic mass is 79.9. The summed E-state index contributed by atoms with van der Waals surface area (Å²) >= 11 is 3.45. The molecule has 0 fully saturated rings. The molecule has 0 bridgehead atoms. The fourth-order valence-corrected chi connectivity index (χ4v) is 2.93. The van der Waals surface area contributed by atoms with Crippen LogP contribution in [0.4, 0.5) is 0 Å². The Bertz CT molecular complexity index is 264. The van der Waals surface area contributed by atoms with Crippen molar-refractivity contribution < 1.29 is 9.53 Å². The molecule has 0 aromatic heterocycles. The van der Waals surface area contributed by atoms with Gasteiger partial charge in [0, 0.05) is 5.33 Å². The van der Waals surface area contributed by atoms with Crippen LogP contribution in [0.15, 0.2) is 0 Å². The number of hydrogen-bond donors (Lipinski definition) is 0. The Morgan fingerprint density at radius 1 is 0.864 bits per heavy atom. The van der Waals surface area contributed by atoms with Crippen LogP contribution in [0, 0.1) is 5.41 Å². The van der Waals surface area contributed by atoms with Gasteiger partial charge in [-0.05, 0) is 33.1 Å². The maximum absolute atomic E-state index is 12.1. The highest BCUT2D eigenvalue weighted by Gasteiger charge is 2.28. The van der Waals surface area contributed by atoms with Gasteiger partial charge in [-0.2, -0.15) is 0 Å². The van der Waals surface area contributed by atoms with Crippen molar-refractivity contribution in [3.05, 3.63) is 0 Å². The first-order chi connectivity index (χ1) is 10.5. The summed E-state index contributed by atoms with van der Waals surface area (Å²) in [5.41, 5.74) is -0.324. The smallest absolute Gasteiger partial charge is 0.311 e. The number of hydrogen-bond acceptors (Lipinski definition) is 2. The number of alkyl halides is 1. The van der Waals surface area contributed by atoms with Crippen molar-refractivity contribution in [1.29, 1.82) is 0 Å². The van der Waals surface area contributed by atoms with E-state index in [1.807, 2.05) is 13.8 Å². The van der Waals surface area contributed by atoms with Crippen molar-refractivity contribution >= 4 is 21.9 Å². The van der Waals surface area contributed by atoms with Crippen molar-refractivity contribution in [3.8, 4) is 0 Å². The monoisotopic (exact) mass is 376 g/mol. The molecule has 0 aliphatic heterocycles. The van der Waals surface area contributed by atoms with E-state index in [2.05, 4.69) is 22.9 Å². The Morgan fingerprint density at radius 3 is 2.05 bits per heavy atom. The second kappa shape index (κ2) is 14.5. The van der Waals surface area contributed by atoms with E-state index < -0.39 is 0 Å². The van der Waals surface area contributed by atoms with Crippen LogP contribution in [-0.4, -0.2) is 17.9 Å². The fourth-order valence-electron chi connectivity index (χ4n) is 2.54. The zero-order valence-corrected chi connectivity index (χ0v) is 16.7. The van der Waals surface area contributed by atoms with Gasteiger partial charge in [0.2, 0.25) is 0 Å². The first-order valence-corrected chi connectivity index (χ1v) is 10.4. The predicted molar refractivity (Wildman–Crippen MR) is 99.6 cm³/mol. The minimum Gasteiger partial charge on any atom is -0.465 e. The van der Waals surface area contributed by atoms with Crippen LogP contribution in [-0.2, 0) is 9.53 Å². The van der Waals surface area contributed by atoms with Gasteiger partial charge < -0.3 is 4.74 Å². The molecule has 0 aromatic rings. The molecule has 3 heteroatoms. The van der Waals surface area contributed by atoms with E-state index in [0.717, 1.165) is 24.6 Å². The Morgan fingerprint density at radius 2 is 1.41 bits per heavy atom. The highest BCUT2D eigenvalue weighted by molar-refractivity contribution is 9.09. The third-order valence-electron chi connectivity index (χ3n) is 4.22. The molecule has 0 spiro atoms. The summed E-state index contributed by atoms with van der Waals surface area (Å²) in [7, 11) is 0. The van der Waals surface area contributed by atoms with Gasteiger partial charge in [-0.15, -0.1) is 0 Å². The molecule has 0 heterocycles. The summed E-state index contributed by atoms with van der Waals surface area (Å²) in [6, 6.07) is 0. The van der Waals surface area contributed by atoms with Crippen molar-refractivity contribution in [1.82, 2.24) is 0 Å². The van der Waals surface area contributed by atoms with Crippen molar-refractivity contribution in [3.63, 3.8) is 0 Å². The third-order valence-corrected chi connectivity index (χ3v) is 4.78. The van der Waals surface area contributed by atoms with Crippen LogP contribution in [0.25, 0.3) is 0 Å². The van der Waals surface area contributed by atoms with Gasteiger partial charge in [-0.25, -0.2) is 0 Å². The number of ether oxygens (including phenoxy) is 1. The molecule has 0 saturated carbocycles. The summed E-state index contributed by atoms with van der Waals surface area (Å²) < 4.78 is 5.47. The van der Waals surface area contributed by atoms with Gasteiger partial charge in [0.15, 0.2) is 0 Å². The Labute approximate surface area is 146 Å². The number of carbonyl (C=O) groups is 1. The largest absolute Gasteiger partial charge is 0.465 e. The first-order valence-electron chi connectivity index (χ1n) is 9.27. The van der Waals surface area contributed by atoms with Crippen molar-refractivity contribution in [2.45, 2.75) is 97.8 Å². The number of carbonyl (C=O) groups excluding carboxylic acids is 1.